The maximum atomic E-state index is 12.2. The molecule has 0 aliphatic carbocycles. The minimum absolute atomic E-state index is 0.0260. The maximum Gasteiger partial charge on any atom is 0.275 e. The number of amides is 1. The number of aromatic nitrogens is 1. The van der Waals surface area contributed by atoms with Crippen LogP contribution in [0.4, 0.5) is 0 Å². The van der Waals surface area contributed by atoms with Crippen molar-refractivity contribution in [2.75, 3.05) is 0 Å². The first-order chi connectivity index (χ1) is 10.3. The molecule has 0 aliphatic heterocycles. The van der Waals surface area contributed by atoms with E-state index in [0.29, 0.717) is 5.56 Å². The highest BCUT2D eigenvalue weighted by Gasteiger charge is 2.24. The summed E-state index contributed by atoms with van der Waals surface area (Å²) in [6.07, 6.45) is 1.25. The molecule has 0 saturated heterocycles. The number of nitriles is 1. The van der Waals surface area contributed by atoms with E-state index in [-0.39, 0.29) is 20.9 Å². The van der Waals surface area contributed by atoms with Gasteiger partial charge in [-0.3, -0.25) is 9.59 Å². The summed E-state index contributed by atoms with van der Waals surface area (Å²) in [6.45, 7) is 1.53. The standard InChI is InChI=1S/C13H11N3O4S2/c1-8-5-10(7-16(2)12(8)18)11(17)15-22(19,20)13-9(6-14)3-4-21-13/h3-5,7H,1-2H3,(H,15,17). The number of sulfonamides is 1. The number of hydrogen-bond acceptors (Lipinski definition) is 6. The summed E-state index contributed by atoms with van der Waals surface area (Å²) in [4.78, 5) is 23.7. The summed E-state index contributed by atoms with van der Waals surface area (Å²) < 4.78 is 27.2. The largest absolute Gasteiger partial charge is 0.318 e. The van der Waals surface area contributed by atoms with Gasteiger partial charge in [0.2, 0.25) is 0 Å². The smallest absolute Gasteiger partial charge is 0.275 e. The summed E-state index contributed by atoms with van der Waals surface area (Å²) in [6, 6.07) is 4.43. The van der Waals surface area contributed by atoms with Gasteiger partial charge in [0.25, 0.3) is 21.5 Å². The molecule has 2 heterocycles. The van der Waals surface area contributed by atoms with Gasteiger partial charge in [0.05, 0.1) is 11.1 Å². The highest BCUT2D eigenvalue weighted by atomic mass is 32.2. The Balaban J connectivity index is 2.37. The van der Waals surface area contributed by atoms with Crippen molar-refractivity contribution in [1.82, 2.24) is 9.29 Å². The summed E-state index contributed by atoms with van der Waals surface area (Å²) in [5.41, 5.74) is 0.0611. The second-order valence-corrected chi connectivity index (χ2v) is 7.29. The predicted octanol–water partition coefficient (Wildman–Crippen LogP) is 0.746. The molecule has 0 spiro atoms. The molecule has 9 heteroatoms. The third-order valence-electron chi connectivity index (χ3n) is 2.85. The number of thiophene rings is 1. The van der Waals surface area contributed by atoms with Crippen LogP contribution < -0.4 is 10.3 Å². The molecule has 22 heavy (non-hydrogen) atoms. The minimum Gasteiger partial charge on any atom is -0.318 e. The van der Waals surface area contributed by atoms with E-state index in [4.69, 9.17) is 5.26 Å². The van der Waals surface area contributed by atoms with Crippen LogP contribution in [0.15, 0.2) is 32.7 Å². The molecule has 2 aromatic heterocycles. The van der Waals surface area contributed by atoms with Gasteiger partial charge in [-0.15, -0.1) is 11.3 Å². The van der Waals surface area contributed by atoms with Crippen LogP contribution in [0.2, 0.25) is 0 Å². The second kappa shape index (κ2) is 5.75. The van der Waals surface area contributed by atoms with Crippen molar-refractivity contribution >= 4 is 27.3 Å². The summed E-state index contributed by atoms with van der Waals surface area (Å²) in [5.74, 6) is -0.865. The van der Waals surface area contributed by atoms with E-state index in [1.807, 2.05) is 4.72 Å². The van der Waals surface area contributed by atoms with Crippen LogP contribution >= 0.6 is 11.3 Å². The molecule has 0 unspecified atom stereocenters. The topological polar surface area (TPSA) is 109 Å². The first-order valence-electron chi connectivity index (χ1n) is 5.98. The molecular weight excluding hydrogens is 326 g/mol. The highest BCUT2D eigenvalue weighted by molar-refractivity contribution is 7.92. The van der Waals surface area contributed by atoms with Crippen molar-refractivity contribution in [3.05, 3.63) is 50.8 Å². The lowest BCUT2D eigenvalue weighted by Crippen LogP contribution is -2.32. The normalized spacial score (nSPS) is 11.0. The van der Waals surface area contributed by atoms with Crippen LogP contribution in [-0.4, -0.2) is 18.9 Å². The van der Waals surface area contributed by atoms with Gasteiger partial charge < -0.3 is 4.57 Å². The molecule has 2 aromatic rings. The Morgan fingerprint density at radius 3 is 2.73 bits per heavy atom. The average molecular weight is 337 g/mol. The van der Waals surface area contributed by atoms with Crippen LogP contribution in [-0.2, 0) is 17.1 Å². The molecule has 2 rings (SSSR count). The number of rotatable bonds is 3. The van der Waals surface area contributed by atoms with E-state index in [1.165, 1.54) is 42.2 Å². The summed E-state index contributed by atoms with van der Waals surface area (Å²) in [5, 5.41) is 10.3. The average Bonchev–Trinajstić information content (AvgIpc) is 2.93. The van der Waals surface area contributed by atoms with Gasteiger partial charge >= 0.3 is 0 Å². The van der Waals surface area contributed by atoms with Crippen molar-refractivity contribution in [1.29, 1.82) is 5.26 Å². The van der Waals surface area contributed by atoms with Crippen molar-refractivity contribution < 1.29 is 13.2 Å². The van der Waals surface area contributed by atoms with Gasteiger partial charge in [0.15, 0.2) is 4.21 Å². The Morgan fingerprint density at radius 2 is 2.14 bits per heavy atom. The Kier molecular flexibility index (Phi) is 4.16. The van der Waals surface area contributed by atoms with Crippen molar-refractivity contribution in [3.8, 4) is 6.07 Å². The van der Waals surface area contributed by atoms with Gasteiger partial charge in [-0.25, -0.2) is 13.1 Å². The summed E-state index contributed by atoms with van der Waals surface area (Å²) >= 11 is 0.847. The van der Waals surface area contributed by atoms with Gasteiger partial charge in [0, 0.05) is 18.8 Å². The van der Waals surface area contributed by atoms with Gasteiger partial charge in [-0.05, 0) is 24.4 Å². The van der Waals surface area contributed by atoms with E-state index in [0.717, 1.165) is 11.3 Å². The van der Waals surface area contributed by atoms with Crippen LogP contribution in [0, 0.1) is 18.3 Å². The number of carbonyl (C=O) groups is 1. The molecule has 0 fully saturated rings. The Morgan fingerprint density at radius 1 is 1.45 bits per heavy atom. The highest BCUT2D eigenvalue weighted by Crippen LogP contribution is 2.21. The zero-order chi connectivity index (χ0) is 16.5. The second-order valence-electron chi connectivity index (χ2n) is 4.50. The van der Waals surface area contributed by atoms with Crippen molar-refractivity contribution in [2.24, 2.45) is 7.05 Å². The zero-order valence-corrected chi connectivity index (χ0v) is 13.3. The van der Waals surface area contributed by atoms with Crippen molar-refractivity contribution in [3.63, 3.8) is 0 Å². The van der Waals surface area contributed by atoms with Crippen LogP contribution in [0.1, 0.15) is 21.5 Å². The van der Waals surface area contributed by atoms with Crippen molar-refractivity contribution in [2.45, 2.75) is 11.1 Å². The van der Waals surface area contributed by atoms with E-state index >= 15 is 0 Å². The molecule has 0 aliphatic rings. The molecule has 1 amide bonds. The molecule has 1 N–H and O–H groups in total. The fourth-order valence-corrected chi connectivity index (χ4v) is 4.04. The quantitative estimate of drug-likeness (QED) is 0.888. The minimum atomic E-state index is -4.13. The molecule has 114 valence electrons. The molecule has 7 nitrogen and oxygen atoms in total. The Hall–Kier alpha value is -2.44. The van der Waals surface area contributed by atoms with Gasteiger partial charge in [-0.2, -0.15) is 5.26 Å². The van der Waals surface area contributed by atoms with Gasteiger partial charge in [-0.1, -0.05) is 0 Å². The first kappa shape index (κ1) is 15.9. The maximum absolute atomic E-state index is 12.2. The monoisotopic (exact) mass is 337 g/mol. The van der Waals surface area contributed by atoms with E-state index in [9.17, 15) is 18.0 Å². The molecule has 0 bridgehead atoms. The van der Waals surface area contributed by atoms with Gasteiger partial charge in [0.1, 0.15) is 6.07 Å². The Labute approximate surface area is 130 Å². The van der Waals surface area contributed by atoms with E-state index in [2.05, 4.69) is 0 Å². The number of pyridine rings is 1. The molecule has 0 atom stereocenters. The number of nitrogens with one attached hydrogen (secondary N) is 1. The Bertz CT molecular complexity index is 922. The molecule has 0 saturated carbocycles. The lowest BCUT2D eigenvalue weighted by atomic mass is 10.2. The zero-order valence-electron chi connectivity index (χ0n) is 11.7. The number of nitrogens with zero attached hydrogens (tertiary/aromatic N) is 2. The fraction of sp³-hybridized carbons (Fsp3) is 0.154. The number of carbonyl (C=O) groups excluding carboxylic acids is 1. The molecule has 0 radical (unpaired) electrons. The molecule has 0 aromatic carbocycles. The number of aryl methyl sites for hydroxylation is 2. The summed E-state index contributed by atoms with van der Waals surface area (Å²) in [7, 11) is -2.67. The van der Waals surface area contributed by atoms with E-state index < -0.39 is 15.9 Å². The fourth-order valence-electron chi connectivity index (χ4n) is 1.82. The number of hydrogen-bond donors (Lipinski definition) is 1. The van der Waals surface area contributed by atoms with E-state index in [1.54, 1.807) is 6.07 Å². The first-order valence-corrected chi connectivity index (χ1v) is 8.34. The van der Waals surface area contributed by atoms with Crippen LogP contribution in [0.25, 0.3) is 0 Å². The molecular formula is C13H11N3O4S2. The third kappa shape index (κ3) is 2.93. The van der Waals surface area contributed by atoms with Crippen LogP contribution in [0.5, 0.6) is 0 Å². The lowest BCUT2D eigenvalue weighted by molar-refractivity contribution is 0.0980. The van der Waals surface area contributed by atoms with Crippen LogP contribution in [0.3, 0.4) is 0 Å². The third-order valence-corrected chi connectivity index (χ3v) is 5.66. The lowest BCUT2D eigenvalue weighted by Gasteiger charge is -2.08. The SMILES string of the molecule is Cc1cc(C(=O)NS(=O)(=O)c2sccc2C#N)cn(C)c1=O. The predicted molar refractivity (Wildman–Crippen MR) is 80.1 cm³/mol.